The zero-order chi connectivity index (χ0) is 71.0. The standard InChI is InChI=1S/C64H104O33/c1-22-34(72)38(76)43(81)54(89-22)94-48-29(70)19-86-53(46(48)84)93-47-23(2)90-55(45(83)41(47)79)95-49-35(73)28(69)18-87-57(49)97-58(85)64-12-11-59(3,4)13-25(64)24-9-10-32-60(5)14-27(68)51(61(6,21-66)50(60)26(67)15-63(32,8)62(24,7)16-33(64)71)96-56-44(82)40(78)37(75)31(92-56)20-88-52-42(80)39(77)36(74)30(17-65)91-52/h9,22-23,25-57,65-84H,10-21H2,1-8H3. The lowest BCUT2D eigenvalue weighted by molar-refractivity contribution is -0.377. The molecule has 97 heavy (non-hydrogen) atoms. The summed E-state index contributed by atoms with van der Waals surface area (Å²) in [4.78, 5) is 15.6. The molecule has 0 aromatic rings. The lowest BCUT2D eigenvalue weighted by Gasteiger charge is -2.73. The van der Waals surface area contributed by atoms with E-state index in [-0.39, 0.29) is 25.7 Å². The maximum atomic E-state index is 15.6. The Labute approximate surface area is 559 Å². The molecule has 0 aromatic carbocycles. The van der Waals surface area contributed by atoms with Crippen LogP contribution in [0.5, 0.6) is 0 Å². The van der Waals surface area contributed by atoms with E-state index in [1.165, 1.54) is 13.8 Å². The molecule has 11 rings (SSSR count). The molecule has 40 unspecified atom stereocenters. The highest BCUT2D eigenvalue weighted by Gasteiger charge is 2.75. The van der Waals surface area contributed by atoms with Crippen LogP contribution in [-0.4, -0.2) is 338 Å². The monoisotopic (exact) mass is 1400 g/mol. The Balaban J connectivity index is 0.794. The molecule has 11 aliphatic rings. The van der Waals surface area contributed by atoms with Gasteiger partial charge >= 0.3 is 5.97 Å². The Morgan fingerprint density at radius 2 is 1.06 bits per heavy atom. The molecule has 0 spiro atoms. The van der Waals surface area contributed by atoms with Crippen molar-refractivity contribution in [3.05, 3.63) is 11.6 Å². The summed E-state index contributed by atoms with van der Waals surface area (Å²) in [5, 5.41) is 223. The van der Waals surface area contributed by atoms with Crippen molar-refractivity contribution in [1.82, 2.24) is 0 Å². The van der Waals surface area contributed by atoms with Gasteiger partial charge in [0.1, 0.15) is 121 Å². The largest absolute Gasteiger partial charge is 0.432 e. The number of allylic oxidation sites excluding steroid dienone is 2. The van der Waals surface area contributed by atoms with Gasteiger partial charge in [-0.3, -0.25) is 4.79 Å². The third-order valence-electron chi connectivity index (χ3n) is 24.8. The minimum absolute atomic E-state index is 0.0409. The van der Waals surface area contributed by atoms with Crippen molar-refractivity contribution in [3.63, 3.8) is 0 Å². The molecule has 6 aliphatic heterocycles. The number of esters is 1. The van der Waals surface area contributed by atoms with E-state index in [1.807, 2.05) is 34.6 Å². The molecule has 0 bridgehead atoms. The lowest BCUT2D eigenvalue weighted by atomic mass is 9.32. The minimum atomic E-state index is -2.03. The van der Waals surface area contributed by atoms with Gasteiger partial charge in [0.25, 0.3) is 0 Å². The fraction of sp³-hybridized carbons (Fsp3) is 0.953. The Morgan fingerprint density at radius 1 is 0.505 bits per heavy atom. The summed E-state index contributed by atoms with van der Waals surface area (Å²) in [5.74, 6) is -2.88. The van der Waals surface area contributed by atoms with Crippen LogP contribution in [0, 0.1) is 50.2 Å². The van der Waals surface area contributed by atoms with E-state index in [2.05, 4.69) is 6.08 Å². The zero-order valence-corrected chi connectivity index (χ0v) is 55.5. The number of fused-ring (bicyclic) bond motifs is 7. The molecule has 0 amide bonds. The molecule has 0 radical (unpaired) electrons. The highest BCUT2D eigenvalue weighted by Crippen LogP contribution is 2.76. The second kappa shape index (κ2) is 28.1. The number of rotatable bonds is 15. The smallest absolute Gasteiger partial charge is 0.317 e. The Hall–Kier alpha value is -2.03. The van der Waals surface area contributed by atoms with Gasteiger partial charge in [-0.05, 0) is 92.3 Å². The predicted octanol–water partition coefficient (Wildman–Crippen LogP) is -7.17. The number of carbonyl (C=O) groups is 1. The molecular weight excluding hydrogens is 1300 g/mol. The third-order valence-corrected chi connectivity index (χ3v) is 24.8. The molecule has 558 valence electrons. The number of hydrogen-bond acceptors (Lipinski definition) is 33. The first-order chi connectivity index (χ1) is 45.4. The lowest BCUT2D eigenvalue weighted by Crippen LogP contribution is -2.73. The summed E-state index contributed by atoms with van der Waals surface area (Å²) in [6.07, 6.45) is -49.5. The molecular formula is C64H104O33. The fourth-order valence-electron chi connectivity index (χ4n) is 19.1. The average molecular weight is 1400 g/mol. The van der Waals surface area contributed by atoms with E-state index in [0.29, 0.717) is 19.3 Å². The van der Waals surface area contributed by atoms with Crippen molar-refractivity contribution in [2.75, 3.05) is 33.0 Å². The summed E-state index contributed by atoms with van der Waals surface area (Å²) in [6, 6.07) is 0. The molecule has 33 heteroatoms. The third kappa shape index (κ3) is 12.8. The van der Waals surface area contributed by atoms with Crippen molar-refractivity contribution in [1.29, 1.82) is 0 Å². The van der Waals surface area contributed by atoms with E-state index < -0.39 is 286 Å². The van der Waals surface area contributed by atoms with Crippen LogP contribution in [-0.2, 0) is 61.6 Å². The van der Waals surface area contributed by atoms with Crippen molar-refractivity contribution in [2.45, 2.75) is 297 Å². The molecule has 4 saturated carbocycles. The first-order valence-corrected chi connectivity index (χ1v) is 33.8. The number of ether oxygens (including phenoxy) is 12. The summed E-state index contributed by atoms with van der Waals surface area (Å²) in [6.45, 7) is 11.3. The fourth-order valence-corrected chi connectivity index (χ4v) is 19.1. The van der Waals surface area contributed by atoms with Crippen LogP contribution in [0.2, 0.25) is 0 Å². The van der Waals surface area contributed by atoms with Crippen molar-refractivity contribution in [3.8, 4) is 0 Å². The van der Waals surface area contributed by atoms with Crippen molar-refractivity contribution >= 4 is 5.97 Å². The normalized spacial score (nSPS) is 56.2. The summed E-state index contributed by atoms with van der Waals surface area (Å²) in [7, 11) is 0. The average Bonchev–Trinajstić information content (AvgIpc) is 0.666. The number of hydrogen-bond donors (Lipinski definition) is 20. The van der Waals surface area contributed by atoms with Crippen LogP contribution in [0.1, 0.15) is 100 Å². The summed E-state index contributed by atoms with van der Waals surface area (Å²) in [5.41, 5.74) is -5.70. The van der Waals surface area contributed by atoms with Crippen LogP contribution >= 0.6 is 0 Å². The molecule has 6 saturated heterocycles. The summed E-state index contributed by atoms with van der Waals surface area (Å²) >= 11 is 0. The number of carbonyl (C=O) groups excluding carboxylic acids is 1. The molecule has 20 N–H and O–H groups in total. The number of aliphatic hydroxyl groups excluding tert-OH is 20. The van der Waals surface area contributed by atoms with E-state index in [4.69, 9.17) is 56.8 Å². The van der Waals surface area contributed by atoms with Gasteiger partial charge in [0.15, 0.2) is 37.6 Å². The van der Waals surface area contributed by atoms with Gasteiger partial charge in [-0.2, -0.15) is 0 Å². The topological polar surface area (TPSA) is 532 Å². The quantitative estimate of drug-likeness (QED) is 0.0411. The molecule has 6 heterocycles. The van der Waals surface area contributed by atoms with Gasteiger partial charge in [-0.1, -0.05) is 53.2 Å². The zero-order valence-electron chi connectivity index (χ0n) is 55.5. The van der Waals surface area contributed by atoms with Gasteiger partial charge in [0.2, 0.25) is 6.29 Å². The van der Waals surface area contributed by atoms with Crippen molar-refractivity contribution in [2.24, 2.45) is 50.2 Å². The second-order valence-corrected chi connectivity index (χ2v) is 31.3. The molecule has 33 nitrogen and oxygen atoms in total. The second-order valence-electron chi connectivity index (χ2n) is 31.3. The van der Waals surface area contributed by atoms with E-state index in [0.717, 1.165) is 5.57 Å². The minimum Gasteiger partial charge on any atom is -0.432 e. The SMILES string of the molecule is CC1OC(OC2C(O)COC(OC3C(C)OC(OC4C(OC(=O)C56CCC(C)(C)CC5C5=CCC7C8(C)CC(O)C(OC9OC(COC%10OC(CO)C(O)C(O)C%10O)C(O)C(O)C9O)C(C)(CO)C8C(O)CC7(C)C5(C)CC6O)OCC(O)C4O)C(O)C3O)C2O)C(O)C(O)C1O. The van der Waals surface area contributed by atoms with E-state index >= 15 is 4.79 Å². The van der Waals surface area contributed by atoms with Gasteiger partial charge in [-0.15, -0.1) is 0 Å². The van der Waals surface area contributed by atoms with Crippen LogP contribution < -0.4 is 0 Å². The van der Waals surface area contributed by atoms with Crippen LogP contribution in [0.25, 0.3) is 0 Å². The van der Waals surface area contributed by atoms with Gasteiger partial charge in [0, 0.05) is 11.3 Å². The highest BCUT2D eigenvalue weighted by atomic mass is 16.8. The molecule has 40 atom stereocenters. The predicted molar refractivity (Wildman–Crippen MR) is 319 cm³/mol. The first-order valence-electron chi connectivity index (χ1n) is 33.8. The maximum Gasteiger partial charge on any atom is 0.317 e. The molecule has 10 fully saturated rings. The van der Waals surface area contributed by atoms with Crippen LogP contribution in [0.4, 0.5) is 0 Å². The summed E-state index contributed by atoms with van der Waals surface area (Å²) < 4.78 is 70.4. The first kappa shape index (κ1) is 76.1. The van der Waals surface area contributed by atoms with E-state index in [1.54, 1.807) is 6.92 Å². The highest BCUT2D eigenvalue weighted by molar-refractivity contribution is 5.80. The van der Waals surface area contributed by atoms with E-state index in [9.17, 15) is 102 Å². The van der Waals surface area contributed by atoms with Gasteiger partial charge in [-0.25, -0.2) is 0 Å². The van der Waals surface area contributed by atoms with Crippen molar-refractivity contribution < 1.29 is 164 Å². The Bertz CT molecular complexity index is 2750. The van der Waals surface area contributed by atoms with Crippen LogP contribution in [0.3, 0.4) is 0 Å². The molecule has 5 aliphatic carbocycles. The van der Waals surface area contributed by atoms with Gasteiger partial charge in [0.05, 0.1) is 69.7 Å². The number of aliphatic hydroxyl groups is 20. The molecule has 0 aromatic heterocycles. The Morgan fingerprint density at radius 3 is 1.71 bits per heavy atom. The Kier molecular flexibility index (Phi) is 22.1. The van der Waals surface area contributed by atoms with Crippen LogP contribution in [0.15, 0.2) is 11.6 Å². The maximum absolute atomic E-state index is 15.6. The van der Waals surface area contributed by atoms with Gasteiger partial charge < -0.3 is 159 Å².